The summed E-state index contributed by atoms with van der Waals surface area (Å²) in [5.41, 5.74) is 1.38. The summed E-state index contributed by atoms with van der Waals surface area (Å²) in [5, 5.41) is 3.18. The van der Waals surface area contributed by atoms with Crippen LogP contribution in [0.3, 0.4) is 0 Å². The smallest absolute Gasteiger partial charge is 0.150 e. The number of allylic oxidation sites excluding steroid dienone is 1. The third-order valence-electron chi connectivity index (χ3n) is 3.91. The van der Waals surface area contributed by atoms with E-state index < -0.39 is 9.84 Å². The maximum absolute atomic E-state index is 11.6. The molecule has 0 aromatic rings. The Bertz CT molecular complexity index is 373. The highest BCUT2D eigenvalue weighted by molar-refractivity contribution is 7.91. The van der Waals surface area contributed by atoms with Gasteiger partial charge >= 0.3 is 0 Å². The van der Waals surface area contributed by atoms with Crippen molar-refractivity contribution >= 4 is 9.84 Å². The molecule has 1 aliphatic rings. The van der Waals surface area contributed by atoms with Gasteiger partial charge in [-0.15, -0.1) is 0 Å². The topological polar surface area (TPSA) is 46.2 Å². The molecule has 0 radical (unpaired) electrons. The van der Waals surface area contributed by atoms with Crippen LogP contribution in [0.5, 0.6) is 0 Å². The maximum atomic E-state index is 11.6. The maximum Gasteiger partial charge on any atom is 0.150 e. The largest absolute Gasteiger partial charge is 0.317 e. The summed E-state index contributed by atoms with van der Waals surface area (Å²) in [7, 11) is -2.86. The molecule has 106 valence electrons. The lowest BCUT2D eigenvalue weighted by molar-refractivity contribution is 0.398. The van der Waals surface area contributed by atoms with Crippen LogP contribution in [0.1, 0.15) is 46.0 Å². The lowest BCUT2D eigenvalue weighted by Crippen LogP contribution is -2.27. The summed E-state index contributed by atoms with van der Waals surface area (Å²) in [4.78, 5) is 0. The van der Waals surface area contributed by atoms with Crippen molar-refractivity contribution in [2.45, 2.75) is 51.2 Å². The van der Waals surface area contributed by atoms with E-state index in [9.17, 15) is 8.42 Å². The Balaban J connectivity index is 2.50. The highest BCUT2D eigenvalue weighted by Crippen LogP contribution is 2.32. The molecule has 1 N–H and O–H groups in total. The van der Waals surface area contributed by atoms with Gasteiger partial charge in [-0.25, -0.2) is 8.42 Å². The Morgan fingerprint density at radius 3 is 2.72 bits per heavy atom. The normalized spacial score (nSPS) is 26.3. The number of hydrogen-bond acceptors (Lipinski definition) is 3. The van der Waals surface area contributed by atoms with Crippen LogP contribution >= 0.6 is 0 Å². The van der Waals surface area contributed by atoms with Crippen LogP contribution in [0.15, 0.2) is 11.6 Å². The van der Waals surface area contributed by atoms with E-state index >= 15 is 0 Å². The van der Waals surface area contributed by atoms with Gasteiger partial charge in [-0.05, 0) is 51.6 Å². The van der Waals surface area contributed by atoms with E-state index in [1.165, 1.54) is 11.8 Å². The van der Waals surface area contributed by atoms with Crippen LogP contribution in [0.25, 0.3) is 0 Å². The van der Waals surface area contributed by atoms with Crippen molar-refractivity contribution < 1.29 is 8.42 Å². The van der Waals surface area contributed by atoms with Gasteiger partial charge in [0.25, 0.3) is 0 Å². The van der Waals surface area contributed by atoms with Crippen molar-refractivity contribution in [3.05, 3.63) is 11.6 Å². The first kappa shape index (κ1) is 15.7. The zero-order valence-electron chi connectivity index (χ0n) is 11.9. The summed E-state index contributed by atoms with van der Waals surface area (Å²) in [5.74, 6) is 0.472. The monoisotopic (exact) mass is 273 g/mol. The first-order chi connectivity index (χ1) is 8.45. The molecule has 0 spiro atoms. The number of nitrogens with one attached hydrogen (secondary N) is 1. The van der Waals surface area contributed by atoms with E-state index in [-0.39, 0.29) is 5.25 Å². The third kappa shape index (κ3) is 5.11. The van der Waals surface area contributed by atoms with Crippen molar-refractivity contribution in [1.29, 1.82) is 0 Å². The fourth-order valence-electron chi connectivity index (χ4n) is 2.69. The fraction of sp³-hybridized carbons (Fsp3) is 0.857. The van der Waals surface area contributed by atoms with Gasteiger partial charge in [0.1, 0.15) is 9.84 Å². The lowest BCUT2D eigenvalue weighted by atomic mass is 9.84. The summed E-state index contributed by atoms with van der Waals surface area (Å²) >= 11 is 0. The van der Waals surface area contributed by atoms with E-state index in [2.05, 4.69) is 25.2 Å². The predicted octanol–water partition coefficient (Wildman–Crippen LogP) is 2.54. The van der Waals surface area contributed by atoms with Crippen molar-refractivity contribution in [3.8, 4) is 0 Å². The van der Waals surface area contributed by atoms with Crippen molar-refractivity contribution in [2.24, 2.45) is 5.92 Å². The summed E-state index contributed by atoms with van der Waals surface area (Å²) in [6.45, 7) is 6.28. The van der Waals surface area contributed by atoms with Crippen LogP contribution in [-0.2, 0) is 9.84 Å². The number of rotatable bonds is 6. The Morgan fingerprint density at radius 1 is 1.39 bits per heavy atom. The van der Waals surface area contributed by atoms with Gasteiger partial charge < -0.3 is 5.32 Å². The molecule has 0 heterocycles. The molecule has 1 rings (SSSR count). The minimum Gasteiger partial charge on any atom is -0.317 e. The average molecular weight is 273 g/mol. The van der Waals surface area contributed by atoms with Gasteiger partial charge in [-0.3, -0.25) is 0 Å². The third-order valence-corrected chi connectivity index (χ3v) is 5.55. The highest BCUT2D eigenvalue weighted by atomic mass is 32.2. The molecule has 2 atom stereocenters. The van der Waals surface area contributed by atoms with Gasteiger partial charge in [0, 0.05) is 6.26 Å². The van der Waals surface area contributed by atoms with Crippen LogP contribution < -0.4 is 5.32 Å². The molecule has 1 fully saturated rings. The molecule has 3 nitrogen and oxygen atoms in total. The Labute approximate surface area is 112 Å². The van der Waals surface area contributed by atoms with Crippen molar-refractivity contribution in [3.63, 3.8) is 0 Å². The molecule has 0 saturated heterocycles. The van der Waals surface area contributed by atoms with Crippen LogP contribution in [0, 0.1) is 5.92 Å². The van der Waals surface area contributed by atoms with Crippen molar-refractivity contribution in [1.82, 2.24) is 5.32 Å². The zero-order valence-corrected chi connectivity index (χ0v) is 12.7. The van der Waals surface area contributed by atoms with E-state index in [1.54, 1.807) is 0 Å². The van der Waals surface area contributed by atoms with Crippen LogP contribution in [0.4, 0.5) is 0 Å². The van der Waals surface area contributed by atoms with Gasteiger partial charge in [0.2, 0.25) is 0 Å². The Hall–Kier alpha value is -0.350. The Kier molecular flexibility index (Phi) is 6.36. The fourth-order valence-corrected chi connectivity index (χ4v) is 3.87. The molecule has 18 heavy (non-hydrogen) atoms. The summed E-state index contributed by atoms with van der Waals surface area (Å²) in [6, 6.07) is 0. The second kappa shape index (κ2) is 7.29. The molecule has 0 aromatic heterocycles. The molecule has 2 unspecified atom stereocenters. The van der Waals surface area contributed by atoms with E-state index in [0.29, 0.717) is 5.92 Å². The molecule has 0 bridgehead atoms. The quantitative estimate of drug-likeness (QED) is 0.597. The second-order valence-corrected chi connectivity index (χ2v) is 7.73. The van der Waals surface area contributed by atoms with Gasteiger partial charge in [-0.1, -0.05) is 25.0 Å². The minimum absolute atomic E-state index is 0.117. The average Bonchev–Trinajstić information content (AvgIpc) is 2.33. The molecular weight excluding hydrogens is 246 g/mol. The highest BCUT2D eigenvalue weighted by Gasteiger charge is 2.29. The number of sulfone groups is 1. The van der Waals surface area contributed by atoms with Gasteiger partial charge in [-0.2, -0.15) is 0 Å². The van der Waals surface area contributed by atoms with Gasteiger partial charge in [0.05, 0.1) is 5.25 Å². The first-order valence-electron chi connectivity index (χ1n) is 7.01. The molecule has 1 aliphatic carbocycles. The summed E-state index contributed by atoms with van der Waals surface area (Å²) in [6.07, 6.45) is 8.56. The SMILES string of the molecule is CCNCCC=C(C)C1CCCC(S(C)(=O)=O)C1. The molecular formula is C14H27NO2S. The molecule has 1 saturated carbocycles. The number of hydrogen-bond donors (Lipinski definition) is 1. The van der Waals surface area contributed by atoms with Crippen LogP contribution in [-0.4, -0.2) is 33.0 Å². The zero-order chi connectivity index (χ0) is 13.6. The molecule has 0 aliphatic heterocycles. The second-order valence-electron chi connectivity index (χ2n) is 5.41. The van der Waals surface area contributed by atoms with Crippen molar-refractivity contribution in [2.75, 3.05) is 19.3 Å². The van der Waals surface area contributed by atoms with Gasteiger partial charge in [0.15, 0.2) is 0 Å². The molecule has 4 heteroatoms. The summed E-state index contributed by atoms with van der Waals surface area (Å²) < 4.78 is 23.2. The van der Waals surface area contributed by atoms with Crippen LogP contribution in [0.2, 0.25) is 0 Å². The van der Waals surface area contributed by atoms with E-state index in [0.717, 1.165) is 45.2 Å². The first-order valence-corrected chi connectivity index (χ1v) is 8.96. The van der Waals surface area contributed by atoms with E-state index in [1.807, 2.05) is 0 Å². The standard InChI is InChI=1S/C14H27NO2S/c1-4-15-10-6-7-12(2)13-8-5-9-14(11-13)18(3,16)17/h7,13-15H,4-6,8-11H2,1-3H3. The molecule has 0 aromatic carbocycles. The lowest BCUT2D eigenvalue weighted by Gasteiger charge is -2.28. The minimum atomic E-state index is -2.86. The van der Waals surface area contributed by atoms with E-state index in [4.69, 9.17) is 0 Å². The Morgan fingerprint density at radius 2 is 2.11 bits per heavy atom. The predicted molar refractivity (Wildman–Crippen MR) is 77.5 cm³/mol. The molecule has 0 amide bonds.